The second-order valence-electron chi connectivity index (χ2n) is 9.45. The molecular formula is C33H38O9. The smallest absolute Gasteiger partial charge is 0.340 e. The van der Waals surface area contributed by atoms with Gasteiger partial charge in [-0.15, -0.1) is 0 Å². The van der Waals surface area contributed by atoms with Crippen LogP contribution in [0.15, 0.2) is 91.0 Å². The molecule has 9 nitrogen and oxygen atoms in total. The van der Waals surface area contributed by atoms with Crippen LogP contribution >= 0.6 is 0 Å². The normalized spacial score (nSPS) is 14.6. The third kappa shape index (κ3) is 8.97. The van der Waals surface area contributed by atoms with E-state index in [2.05, 4.69) is 0 Å². The van der Waals surface area contributed by atoms with Gasteiger partial charge in [-0.2, -0.15) is 0 Å². The third-order valence-electron chi connectivity index (χ3n) is 6.57. The van der Waals surface area contributed by atoms with Crippen LogP contribution in [-0.4, -0.2) is 58.1 Å². The molecule has 224 valence electrons. The minimum Gasteiger partial charge on any atom is -0.459 e. The zero-order valence-corrected chi connectivity index (χ0v) is 24.3. The highest BCUT2D eigenvalue weighted by Crippen LogP contribution is 2.25. The van der Waals surface area contributed by atoms with Crippen molar-refractivity contribution in [3.63, 3.8) is 0 Å². The Labute approximate surface area is 246 Å². The van der Waals surface area contributed by atoms with E-state index in [9.17, 15) is 14.4 Å². The molecule has 0 fully saturated rings. The van der Waals surface area contributed by atoms with Crippen LogP contribution in [0.3, 0.4) is 0 Å². The molecule has 0 aromatic heterocycles. The monoisotopic (exact) mass is 578 g/mol. The SMILES string of the molecule is CCC[C@H](OC(=O)[C@@H](OC)c1ccccc1)[C@@H](COC(=O)[C@@H](OC)c1ccccc1)OC(=O)[C@@H](OC)c1ccccc1. The first kappa shape index (κ1) is 32.5. The van der Waals surface area contributed by atoms with Gasteiger partial charge in [0.2, 0.25) is 0 Å². The minimum atomic E-state index is -1.15. The summed E-state index contributed by atoms with van der Waals surface area (Å²) in [5.41, 5.74) is 1.79. The number of carbonyl (C=O) groups is 3. The molecule has 0 bridgehead atoms. The molecule has 0 unspecified atom stereocenters. The molecule has 5 atom stereocenters. The zero-order chi connectivity index (χ0) is 30.3. The fourth-order valence-electron chi connectivity index (χ4n) is 4.47. The van der Waals surface area contributed by atoms with E-state index in [-0.39, 0.29) is 6.61 Å². The number of methoxy groups -OCH3 is 3. The summed E-state index contributed by atoms with van der Waals surface area (Å²) in [5.74, 6) is -2.07. The first-order valence-electron chi connectivity index (χ1n) is 13.7. The van der Waals surface area contributed by atoms with Gasteiger partial charge in [0.05, 0.1) is 0 Å². The van der Waals surface area contributed by atoms with Crippen LogP contribution in [0, 0.1) is 0 Å². The van der Waals surface area contributed by atoms with Gasteiger partial charge in [0.25, 0.3) is 0 Å². The summed E-state index contributed by atoms with van der Waals surface area (Å²) in [6.45, 7) is 1.51. The number of benzene rings is 3. The van der Waals surface area contributed by atoms with Crippen molar-refractivity contribution < 1.29 is 42.8 Å². The van der Waals surface area contributed by atoms with Crippen molar-refractivity contribution in [3.05, 3.63) is 108 Å². The van der Waals surface area contributed by atoms with Gasteiger partial charge in [-0.3, -0.25) is 0 Å². The summed E-state index contributed by atoms with van der Waals surface area (Å²) in [7, 11) is 4.20. The maximum absolute atomic E-state index is 13.4. The molecule has 0 saturated heterocycles. The molecule has 3 aromatic carbocycles. The standard InChI is InChI=1S/C33H38O9/c1-5-15-26(41-32(35)29(38-3)24-18-11-7-12-19-24)27(42-33(36)30(39-4)25-20-13-8-14-21-25)22-40-31(34)28(37-2)23-16-9-6-10-17-23/h6-14,16-21,26-30H,5,15,22H2,1-4H3/t26-,27+,28-,29-,30-/m0/s1. The maximum Gasteiger partial charge on any atom is 0.340 e. The number of esters is 3. The van der Waals surface area contributed by atoms with Gasteiger partial charge in [-0.05, 0) is 23.1 Å². The Balaban J connectivity index is 1.85. The van der Waals surface area contributed by atoms with Crippen LogP contribution in [0.5, 0.6) is 0 Å². The second kappa shape index (κ2) is 17.0. The quantitative estimate of drug-likeness (QED) is 0.165. The third-order valence-corrected chi connectivity index (χ3v) is 6.57. The molecule has 0 aliphatic carbocycles. The Morgan fingerprint density at radius 2 is 0.905 bits per heavy atom. The summed E-state index contributed by atoms with van der Waals surface area (Å²) in [5, 5.41) is 0. The topological polar surface area (TPSA) is 107 Å². The molecule has 0 saturated carbocycles. The molecule has 0 aliphatic heterocycles. The van der Waals surface area contributed by atoms with Crippen LogP contribution < -0.4 is 0 Å². The summed E-state index contributed by atoms with van der Waals surface area (Å²) in [4.78, 5) is 39.7. The van der Waals surface area contributed by atoms with Gasteiger partial charge < -0.3 is 28.4 Å². The van der Waals surface area contributed by atoms with E-state index in [0.717, 1.165) is 0 Å². The number of rotatable bonds is 16. The van der Waals surface area contributed by atoms with E-state index in [1.165, 1.54) is 21.3 Å². The largest absolute Gasteiger partial charge is 0.459 e. The average molecular weight is 579 g/mol. The van der Waals surface area contributed by atoms with Crippen molar-refractivity contribution in [2.24, 2.45) is 0 Å². The second-order valence-corrected chi connectivity index (χ2v) is 9.45. The Kier molecular flexibility index (Phi) is 13.2. The molecule has 0 amide bonds. The van der Waals surface area contributed by atoms with Crippen LogP contribution in [-0.2, 0) is 42.8 Å². The molecule has 42 heavy (non-hydrogen) atoms. The zero-order valence-electron chi connectivity index (χ0n) is 24.3. The van der Waals surface area contributed by atoms with E-state index in [1.807, 2.05) is 25.1 Å². The summed E-state index contributed by atoms with van der Waals surface area (Å²) >= 11 is 0. The van der Waals surface area contributed by atoms with E-state index in [1.54, 1.807) is 72.8 Å². The minimum absolute atomic E-state index is 0.321. The Morgan fingerprint density at radius 3 is 1.26 bits per heavy atom. The first-order valence-corrected chi connectivity index (χ1v) is 13.7. The van der Waals surface area contributed by atoms with Gasteiger partial charge in [0.1, 0.15) is 12.7 Å². The highest BCUT2D eigenvalue weighted by Gasteiger charge is 2.35. The van der Waals surface area contributed by atoms with Crippen molar-refractivity contribution in [1.29, 1.82) is 0 Å². The number of hydrogen-bond donors (Lipinski definition) is 0. The van der Waals surface area contributed by atoms with Gasteiger partial charge in [-0.1, -0.05) is 104 Å². The molecule has 0 aliphatic rings. The first-order chi connectivity index (χ1) is 20.4. The molecule has 0 radical (unpaired) electrons. The maximum atomic E-state index is 13.4. The van der Waals surface area contributed by atoms with Gasteiger partial charge in [-0.25, -0.2) is 14.4 Å². The molecular weight excluding hydrogens is 540 g/mol. The molecule has 3 rings (SSSR count). The number of carbonyl (C=O) groups excluding carboxylic acids is 3. The molecule has 0 heterocycles. The lowest BCUT2D eigenvalue weighted by molar-refractivity contribution is -0.189. The molecule has 0 N–H and O–H groups in total. The van der Waals surface area contributed by atoms with E-state index in [4.69, 9.17) is 28.4 Å². The average Bonchev–Trinajstić information content (AvgIpc) is 3.02. The van der Waals surface area contributed by atoms with Gasteiger partial charge in [0.15, 0.2) is 24.4 Å². The summed E-state index contributed by atoms with van der Waals surface area (Å²) in [6.07, 6.45) is -4.24. The Morgan fingerprint density at radius 1 is 0.548 bits per heavy atom. The highest BCUT2D eigenvalue weighted by molar-refractivity contribution is 5.78. The van der Waals surface area contributed by atoms with Gasteiger partial charge >= 0.3 is 17.9 Å². The fraction of sp³-hybridized carbons (Fsp3) is 0.364. The Hall–Kier alpha value is -4.05. The summed E-state index contributed by atoms with van der Waals surface area (Å²) < 4.78 is 33.6. The van der Waals surface area contributed by atoms with Crippen molar-refractivity contribution in [1.82, 2.24) is 0 Å². The van der Waals surface area contributed by atoms with Crippen molar-refractivity contribution in [3.8, 4) is 0 Å². The lowest BCUT2D eigenvalue weighted by atomic mass is 10.1. The Bertz CT molecular complexity index is 1230. The highest BCUT2D eigenvalue weighted by atomic mass is 16.6. The predicted octanol–water partition coefficient (Wildman–Crippen LogP) is 5.32. The van der Waals surface area contributed by atoms with Crippen molar-refractivity contribution in [2.75, 3.05) is 27.9 Å². The van der Waals surface area contributed by atoms with E-state index < -0.39 is 48.4 Å². The van der Waals surface area contributed by atoms with Crippen LogP contribution in [0.25, 0.3) is 0 Å². The van der Waals surface area contributed by atoms with Crippen molar-refractivity contribution in [2.45, 2.75) is 50.3 Å². The van der Waals surface area contributed by atoms with Crippen LogP contribution in [0.2, 0.25) is 0 Å². The fourth-order valence-corrected chi connectivity index (χ4v) is 4.47. The lowest BCUT2D eigenvalue weighted by Gasteiger charge is -2.29. The number of hydrogen-bond acceptors (Lipinski definition) is 9. The predicted molar refractivity (Wildman–Crippen MR) is 154 cm³/mol. The molecule has 9 heteroatoms. The van der Waals surface area contributed by atoms with Crippen molar-refractivity contribution >= 4 is 17.9 Å². The lowest BCUT2D eigenvalue weighted by Crippen LogP contribution is -2.41. The van der Waals surface area contributed by atoms with E-state index in [0.29, 0.717) is 29.5 Å². The number of ether oxygens (including phenoxy) is 6. The molecule has 3 aromatic rings. The summed E-state index contributed by atoms with van der Waals surface area (Å²) in [6, 6.07) is 26.6. The van der Waals surface area contributed by atoms with Crippen LogP contribution in [0.1, 0.15) is 54.8 Å². The van der Waals surface area contributed by atoms with Gasteiger partial charge in [0, 0.05) is 21.3 Å². The molecule has 0 spiro atoms. The van der Waals surface area contributed by atoms with E-state index >= 15 is 0 Å². The van der Waals surface area contributed by atoms with Crippen LogP contribution in [0.4, 0.5) is 0 Å².